The second-order valence-corrected chi connectivity index (χ2v) is 4.77. The predicted molar refractivity (Wildman–Crippen MR) is 62.1 cm³/mol. The Balaban J connectivity index is 1.71. The van der Waals surface area contributed by atoms with Gasteiger partial charge in [-0.1, -0.05) is 0 Å². The summed E-state index contributed by atoms with van der Waals surface area (Å²) >= 11 is 0. The Labute approximate surface area is 93.2 Å². The van der Waals surface area contributed by atoms with E-state index in [9.17, 15) is 0 Å². The van der Waals surface area contributed by atoms with Gasteiger partial charge in [0.15, 0.2) is 0 Å². The molecule has 2 fully saturated rings. The lowest BCUT2D eigenvalue weighted by atomic mass is 10.1. The van der Waals surface area contributed by atoms with E-state index in [4.69, 9.17) is 4.74 Å². The quantitative estimate of drug-likeness (QED) is 0.759. The van der Waals surface area contributed by atoms with Crippen LogP contribution in [0.5, 0.6) is 0 Å². The molecule has 0 aromatic carbocycles. The van der Waals surface area contributed by atoms with Gasteiger partial charge in [0.05, 0.1) is 6.10 Å². The van der Waals surface area contributed by atoms with Crippen molar-refractivity contribution in [3.8, 4) is 0 Å². The van der Waals surface area contributed by atoms with E-state index in [1.807, 2.05) is 0 Å². The van der Waals surface area contributed by atoms with Crippen molar-refractivity contribution in [1.82, 2.24) is 10.2 Å². The second kappa shape index (κ2) is 5.83. The number of piperidine rings is 1. The van der Waals surface area contributed by atoms with E-state index in [1.165, 1.54) is 45.3 Å². The summed E-state index contributed by atoms with van der Waals surface area (Å²) in [6.07, 6.45) is 5.76. The Bertz CT molecular complexity index is 178. The van der Waals surface area contributed by atoms with Crippen molar-refractivity contribution >= 4 is 0 Å². The number of hydrogen-bond acceptors (Lipinski definition) is 3. The highest BCUT2D eigenvalue weighted by molar-refractivity contribution is 4.81. The standard InChI is InChI=1S/C12H24N2O/c1-2-15-12-6-4-8-14(10-12)9-11-5-3-7-13-11/h11-13H,2-10H2,1H3. The van der Waals surface area contributed by atoms with Crippen molar-refractivity contribution in [2.24, 2.45) is 0 Å². The summed E-state index contributed by atoms with van der Waals surface area (Å²) in [6, 6.07) is 0.741. The summed E-state index contributed by atoms with van der Waals surface area (Å²) in [5.74, 6) is 0. The van der Waals surface area contributed by atoms with E-state index in [-0.39, 0.29) is 0 Å². The van der Waals surface area contributed by atoms with Crippen LogP contribution in [0.25, 0.3) is 0 Å². The third kappa shape index (κ3) is 3.44. The van der Waals surface area contributed by atoms with Gasteiger partial charge in [0.2, 0.25) is 0 Å². The van der Waals surface area contributed by atoms with Crippen molar-refractivity contribution in [3.05, 3.63) is 0 Å². The summed E-state index contributed by atoms with van der Waals surface area (Å²) in [5, 5.41) is 3.57. The summed E-state index contributed by atoms with van der Waals surface area (Å²) < 4.78 is 5.72. The second-order valence-electron chi connectivity index (χ2n) is 4.77. The first-order chi connectivity index (χ1) is 7.38. The molecule has 2 saturated heterocycles. The number of rotatable bonds is 4. The average Bonchev–Trinajstić information content (AvgIpc) is 2.71. The molecule has 2 heterocycles. The molecule has 3 nitrogen and oxygen atoms in total. The van der Waals surface area contributed by atoms with Gasteiger partial charge in [0.1, 0.15) is 0 Å². The Morgan fingerprint density at radius 3 is 3.00 bits per heavy atom. The van der Waals surface area contributed by atoms with Crippen LogP contribution < -0.4 is 5.32 Å². The van der Waals surface area contributed by atoms with E-state index < -0.39 is 0 Å². The number of likely N-dealkylation sites (tertiary alicyclic amines) is 1. The van der Waals surface area contributed by atoms with Crippen LogP contribution in [-0.4, -0.2) is 49.8 Å². The lowest BCUT2D eigenvalue weighted by Crippen LogP contribution is -2.45. The highest BCUT2D eigenvalue weighted by Crippen LogP contribution is 2.15. The molecule has 0 amide bonds. The van der Waals surface area contributed by atoms with Crippen molar-refractivity contribution in [3.63, 3.8) is 0 Å². The lowest BCUT2D eigenvalue weighted by Gasteiger charge is -2.34. The van der Waals surface area contributed by atoms with E-state index in [1.54, 1.807) is 0 Å². The topological polar surface area (TPSA) is 24.5 Å². The summed E-state index contributed by atoms with van der Waals surface area (Å²) in [6.45, 7) is 7.81. The molecule has 0 saturated carbocycles. The Kier molecular flexibility index (Phi) is 4.42. The van der Waals surface area contributed by atoms with Crippen LogP contribution in [0, 0.1) is 0 Å². The SMILES string of the molecule is CCOC1CCCN(CC2CCCN2)C1. The van der Waals surface area contributed by atoms with Crippen LogP contribution in [0.4, 0.5) is 0 Å². The molecule has 0 aliphatic carbocycles. The molecular formula is C12H24N2O. The van der Waals surface area contributed by atoms with Gasteiger partial charge in [-0.25, -0.2) is 0 Å². The lowest BCUT2D eigenvalue weighted by molar-refractivity contribution is 0.00407. The third-order valence-electron chi connectivity index (χ3n) is 3.51. The first kappa shape index (κ1) is 11.4. The van der Waals surface area contributed by atoms with Gasteiger partial charge >= 0.3 is 0 Å². The predicted octanol–water partition coefficient (Wildman–Crippen LogP) is 1.24. The number of nitrogens with one attached hydrogen (secondary N) is 1. The molecule has 2 rings (SSSR count). The van der Waals surface area contributed by atoms with E-state index >= 15 is 0 Å². The Hall–Kier alpha value is -0.120. The van der Waals surface area contributed by atoms with E-state index in [0.717, 1.165) is 19.2 Å². The highest BCUT2D eigenvalue weighted by Gasteiger charge is 2.23. The third-order valence-corrected chi connectivity index (χ3v) is 3.51. The molecule has 2 unspecified atom stereocenters. The van der Waals surface area contributed by atoms with Crippen molar-refractivity contribution < 1.29 is 4.74 Å². The zero-order valence-electron chi connectivity index (χ0n) is 9.87. The smallest absolute Gasteiger partial charge is 0.0702 e. The summed E-state index contributed by atoms with van der Waals surface area (Å²) in [5.41, 5.74) is 0. The van der Waals surface area contributed by atoms with Crippen LogP contribution in [0.2, 0.25) is 0 Å². The molecule has 0 aromatic rings. The average molecular weight is 212 g/mol. The highest BCUT2D eigenvalue weighted by atomic mass is 16.5. The van der Waals surface area contributed by atoms with Crippen LogP contribution in [0.15, 0.2) is 0 Å². The minimum Gasteiger partial charge on any atom is -0.377 e. The first-order valence-corrected chi connectivity index (χ1v) is 6.46. The van der Waals surface area contributed by atoms with Gasteiger partial charge < -0.3 is 10.1 Å². The van der Waals surface area contributed by atoms with Crippen LogP contribution >= 0.6 is 0 Å². The molecule has 2 aliphatic heterocycles. The molecule has 0 aromatic heterocycles. The van der Waals surface area contributed by atoms with Gasteiger partial charge in [-0.15, -0.1) is 0 Å². The Morgan fingerprint density at radius 2 is 2.27 bits per heavy atom. The van der Waals surface area contributed by atoms with E-state index in [0.29, 0.717) is 6.10 Å². The van der Waals surface area contributed by atoms with Crippen LogP contribution in [0.3, 0.4) is 0 Å². The fraction of sp³-hybridized carbons (Fsp3) is 1.00. The fourth-order valence-electron chi connectivity index (χ4n) is 2.77. The number of hydrogen-bond donors (Lipinski definition) is 1. The van der Waals surface area contributed by atoms with Gasteiger partial charge in [0, 0.05) is 25.7 Å². The minimum atomic E-state index is 0.491. The van der Waals surface area contributed by atoms with Crippen molar-refractivity contribution in [1.29, 1.82) is 0 Å². The number of nitrogens with zero attached hydrogens (tertiary/aromatic N) is 1. The molecule has 0 spiro atoms. The van der Waals surface area contributed by atoms with Gasteiger partial charge in [-0.05, 0) is 45.7 Å². The zero-order chi connectivity index (χ0) is 10.5. The van der Waals surface area contributed by atoms with Crippen molar-refractivity contribution in [2.75, 3.05) is 32.8 Å². The number of ether oxygens (including phenoxy) is 1. The maximum absolute atomic E-state index is 5.72. The maximum Gasteiger partial charge on any atom is 0.0702 e. The molecule has 0 bridgehead atoms. The van der Waals surface area contributed by atoms with E-state index in [2.05, 4.69) is 17.1 Å². The van der Waals surface area contributed by atoms with Crippen molar-refractivity contribution in [2.45, 2.75) is 44.8 Å². The molecule has 0 radical (unpaired) electrons. The zero-order valence-corrected chi connectivity index (χ0v) is 9.87. The molecule has 15 heavy (non-hydrogen) atoms. The van der Waals surface area contributed by atoms with Crippen LogP contribution in [0.1, 0.15) is 32.6 Å². The molecule has 2 atom stereocenters. The molecule has 1 N–H and O–H groups in total. The van der Waals surface area contributed by atoms with Gasteiger partial charge in [0.25, 0.3) is 0 Å². The minimum absolute atomic E-state index is 0.491. The molecule has 3 heteroatoms. The van der Waals surface area contributed by atoms with Crippen LogP contribution in [-0.2, 0) is 4.74 Å². The van der Waals surface area contributed by atoms with Gasteiger partial charge in [-0.3, -0.25) is 4.90 Å². The Morgan fingerprint density at radius 1 is 1.33 bits per heavy atom. The first-order valence-electron chi connectivity index (χ1n) is 6.46. The monoisotopic (exact) mass is 212 g/mol. The molecule has 88 valence electrons. The fourth-order valence-corrected chi connectivity index (χ4v) is 2.77. The summed E-state index contributed by atoms with van der Waals surface area (Å²) in [7, 11) is 0. The largest absolute Gasteiger partial charge is 0.377 e. The molecular weight excluding hydrogens is 188 g/mol. The van der Waals surface area contributed by atoms with Gasteiger partial charge in [-0.2, -0.15) is 0 Å². The summed E-state index contributed by atoms with van der Waals surface area (Å²) in [4.78, 5) is 2.58. The normalized spacial score (nSPS) is 33.4. The maximum atomic E-state index is 5.72. The molecule has 2 aliphatic rings.